The summed E-state index contributed by atoms with van der Waals surface area (Å²) in [5, 5.41) is 9.27. The van der Waals surface area contributed by atoms with E-state index in [-0.39, 0.29) is 0 Å². The number of aromatic nitrogens is 6. The van der Waals surface area contributed by atoms with Gasteiger partial charge >= 0.3 is 0 Å². The molecule has 8 heteroatoms. The second kappa shape index (κ2) is 3.76. The highest BCUT2D eigenvalue weighted by Crippen LogP contribution is 2.37. The third-order valence-electron chi connectivity index (χ3n) is 3.47. The van der Waals surface area contributed by atoms with Crippen LogP contribution < -0.4 is 5.73 Å². The molecule has 0 aliphatic rings. The van der Waals surface area contributed by atoms with Gasteiger partial charge in [0, 0.05) is 4.88 Å². The molecule has 7 nitrogen and oxygen atoms in total. The van der Waals surface area contributed by atoms with E-state index in [0.717, 1.165) is 21.6 Å². The molecule has 0 bridgehead atoms. The number of nitrogens with one attached hydrogen (secondary N) is 1. The van der Waals surface area contributed by atoms with Gasteiger partial charge in [-0.3, -0.25) is 4.40 Å². The first-order chi connectivity index (χ1) is 9.66. The van der Waals surface area contributed by atoms with Crippen LogP contribution in [0.1, 0.15) is 10.4 Å². The van der Waals surface area contributed by atoms with Crippen LogP contribution in [0.5, 0.6) is 0 Å². The van der Waals surface area contributed by atoms with E-state index >= 15 is 0 Å². The van der Waals surface area contributed by atoms with E-state index in [2.05, 4.69) is 32.1 Å². The average molecular weight is 285 g/mol. The van der Waals surface area contributed by atoms with Gasteiger partial charge in [-0.2, -0.15) is 0 Å². The average Bonchev–Trinajstić information content (AvgIpc) is 3.08. The lowest BCUT2D eigenvalue weighted by Gasteiger charge is -2.01. The zero-order valence-electron chi connectivity index (χ0n) is 10.9. The third kappa shape index (κ3) is 1.33. The molecule has 4 rings (SSSR count). The Balaban J connectivity index is 2.10. The lowest BCUT2D eigenvalue weighted by atomic mass is 10.1. The summed E-state index contributed by atoms with van der Waals surface area (Å²) < 4.78 is 1.84. The van der Waals surface area contributed by atoms with E-state index in [1.165, 1.54) is 4.88 Å². The Hall–Kier alpha value is -2.48. The monoisotopic (exact) mass is 285 g/mol. The van der Waals surface area contributed by atoms with Crippen molar-refractivity contribution in [2.75, 3.05) is 5.73 Å². The molecule has 3 N–H and O–H groups in total. The second-order valence-electron chi connectivity index (χ2n) is 4.59. The molecule has 0 atom stereocenters. The molecule has 0 spiro atoms. The molecule has 100 valence electrons. The number of H-pyrrole nitrogens is 1. The molecule has 0 aromatic carbocycles. The molecule has 0 unspecified atom stereocenters. The molecular weight excluding hydrogens is 274 g/mol. The highest BCUT2D eigenvalue weighted by atomic mass is 32.1. The Bertz CT molecular complexity index is 946. The largest absolute Gasteiger partial charge is 0.390 e. The smallest absolute Gasteiger partial charge is 0.190 e. The maximum Gasteiger partial charge on any atom is 0.190 e. The lowest BCUT2D eigenvalue weighted by Crippen LogP contribution is -1.95. The van der Waals surface area contributed by atoms with Crippen LogP contribution in [0.3, 0.4) is 0 Å². The maximum absolute atomic E-state index is 6.11. The van der Waals surface area contributed by atoms with Crippen LogP contribution in [0, 0.1) is 13.8 Å². The molecule has 20 heavy (non-hydrogen) atoms. The normalized spacial score (nSPS) is 11.7. The molecule has 4 heterocycles. The number of nitrogens with two attached hydrogens (primary N) is 1. The van der Waals surface area contributed by atoms with Gasteiger partial charge in [-0.05, 0) is 19.4 Å². The Kier molecular flexibility index (Phi) is 2.14. The topological polar surface area (TPSA) is 97.8 Å². The molecule has 0 aliphatic carbocycles. The van der Waals surface area contributed by atoms with Crippen molar-refractivity contribution in [3.8, 4) is 11.4 Å². The first kappa shape index (κ1) is 11.4. The number of fused-ring (bicyclic) bond motifs is 3. The van der Waals surface area contributed by atoms with E-state index in [0.29, 0.717) is 17.1 Å². The summed E-state index contributed by atoms with van der Waals surface area (Å²) in [6, 6.07) is 0. The summed E-state index contributed by atoms with van der Waals surface area (Å²) in [6.45, 7) is 4.09. The van der Waals surface area contributed by atoms with Gasteiger partial charge < -0.3 is 10.7 Å². The van der Waals surface area contributed by atoms with E-state index in [9.17, 15) is 0 Å². The summed E-state index contributed by atoms with van der Waals surface area (Å²) in [6.07, 6.45) is 3.28. The van der Waals surface area contributed by atoms with Gasteiger partial charge in [0.25, 0.3) is 0 Å². The standard InChI is InChI=1S/C12H11N7S/c1-5-6(2)20-9(13)7(5)11-17-18-12-8-10(15-3-14-8)16-4-19(11)12/h3-4H,13H2,1-2H3,(H,14,15). The van der Waals surface area contributed by atoms with Crippen molar-refractivity contribution in [1.29, 1.82) is 0 Å². The predicted octanol–water partition coefficient (Wildman–Crippen LogP) is 1.93. The number of imidazole rings is 1. The van der Waals surface area contributed by atoms with Gasteiger partial charge in [0.05, 0.1) is 16.9 Å². The van der Waals surface area contributed by atoms with Crippen LogP contribution in [0.4, 0.5) is 5.00 Å². The molecule has 0 fully saturated rings. The van der Waals surface area contributed by atoms with E-state index in [4.69, 9.17) is 5.73 Å². The summed E-state index contributed by atoms with van der Waals surface area (Å²) in [7, 11) is 0. The summed E-state index contributed by atoms with van der Waals surface area (Å²) >= 11 is 1.56. The number of hydrogen-bond donors (Lipinski definition) is 2. The van der Waals surface area contributed by atoms with Gasteiger partial charge in [-0.1, -0.05) is 0 Å². The van der Waals surface area contributed by atoms with Gasteiger partial charge in [0.15, 0.2) is 17.1 Å². The quantitative estimate of drug-likeness (QED) is 0.557. The lowest BCUT2D eigenvalue weighted by molar-refractivity contribution is 1.09. The van der Waals surface area contributed by atoms with Gasteiger partial charge in [0.1, 0.15) is 11.8 Å². The van der Waals surface area contributed by atoms with Crippen molar-refractivity contribution >= 4 is 33.1 Å². The molecule has 0 aliphatic heterocycles. The van der Waals surface area contributed by atoms with Crippen molar-refractivity contribution < 1.29 is 0 Å². The minimum Gasteiger partial charge on any atom is -0.390 e. The second-order valence-corrected chi connectivity index (χ2v) is 5.84. The zero-order valence-corrected chi connectivity index (χ0v) is 11.7. The van der Waals surface area contributed by atoms with E-state index < -0.39 is 0 Å². The minimum atomic E-state index is 0.627. The maximum atomic E-state index is 6.11. The fraction of sp³-hybridized carbons (Fsp3) is 0.167. The zero-order chi connectivity index (χ0) is 13.9. The number of thiophene rings is 1. The molecule has 4 aromatic heterocycles. The molecule has 0 amide bonds. The highest BCUT2D eigenvalue weighted by Gasteiger charge is 2.19. The van der Waals surface area contributed by atoms with Crippen LogP contribution in [-0.4, -0.2) is 29.5 Å². The number of nitrogens with zero attached hydrogens (tertiary/aromatic N) is 5. The summed E-state index contributed by atoms with van der Waals surface area (Å²) in [4.78, 5) is 12.6. The molecule has 4 aromatic rings. The predicted molar refractivity (Wildman–Crippen MR) is 77.6 cm³/mol. The number of aryl methyl sites for hydroxylation is 1. The first-order valence-electron chi connectivity index (χ1n) is 6.05. The van der Waals surface area contributed by atoms with Crippen LogP contribution in [0.25, 0.3) is 28.2 Å². The van der Waals surface area contributed by atoms with Crippen LogP contribution in [-0.2, 0) is 0 Å². The van der Waals surface area contributed by atoms with Crippen LogP contribution in [0.15, 0.2) is 12.7 Å². The first-order valence-corrected chi connectivity index (χ1v) is 6.87. The van der Waals surface area contributed by atoms with Gasteiger partial charge in [-0.15, -0.1) is 21.5 Å². The SMILES string of the molecule is Cc1sc(N)c(-c2nnc3c4[nH]cnc4ncn23)c1C. The van der Waals surface area contributed by atoms with Gasteiger partial charge in [-0.25, -0.2) is 9.97 Å². The Labute approximate surface area is 117 Å². The Morgan fingerprint density at radius 2 is 2.10 bits per heavy atom. The van der Waals surface area contributed by atoms with E-state index in [1.54, 1.807) is 24.0 Å². The summed E-state index contributed by atoms with van der Waals surface area (Å²) in [5.74, 6) is 0.711. The fourth-order valence-corrected chi connectivity index (χ4v) is 3.27. The van der Waals surface area contributed by atoms with Crippen molar-refractivity contribution in [2.45, 2.75) is 13.8 Å². The number of nitrogen functional groups attached to an aromatic ring is 1. The van der Waals surface area contributed by atoms with Crippen LogP contribution in [0.2, 0.25) is 0 Å². The fourth-order valence-electron chi connectivity index (χ4n) is 2.33. The third-order valence-corrected chi connectivity index (χ3v) is 4.51. The molecule has 0 radical (unpaired) electrons. The Morgan fingerprint density at radius 3 is 2.85 bits per heavy atom. The number of aromatic amines is 1. The van der Waals surface area contributed by atoms with Gasteiger partial charge in [0.2, 0.25) is 0 Å². The summed E-state index contributed by atoms with van der Waals surface area (Å²) in [5.41, 5.74) is 10.3. The van der Waals surface area contributed by atoms with Crippen molar-refractivity contribution in [3.63, 3.8) is 0 Å². The highest BCUT2D eigenvalue weighted by molar-refractivity contribution is 7.16. The van der Waals surface area contributed by atoms with E-state index in [1.807, 2.05) is 11.3 Å². The van der Waals surface area contributed by atoms with Crippen molar-refractivity contribution in [3.05, 3.63) is 23.1 Å². The number of hydrogen-bond acceptors (Lipinski definition) is 6. The molecule has 0 saturated carbocycles. The minimum absolute atomic E-state index is 0.627. The molecule has 0 saturated heterocycles. The van der Waals surface area contributed by atoms with Crippen LogP contribution >= 0.6 is 11.3 Å². The van der Waals surface area contributed by atoms with Crippen molar-refractivity contribution in [1.82, 2.24) is 29.5 Å². The number of anilines is 1. The molecular formula is C12H11N7S. The Morgan fingerprint density at radius 1 is 1.25 bits per heavy atom. The van der Waals surface area contributed by atoms with Crippen molar-refractivity contribution in [2.24, 2.45) is 0 Å². The number of rotatable bonds is 1.